The third kappa shape index (κ3) is 3.83. The van der Waals surface area contributed by atoms with Gasteiger partial charge in [-0.3, -0.25) is 4.90 Å². The molecule has 6 nitrogen and oxygen atoms in total. The minimum absolute atomic E-state index is 0.702. The normalized spacial score (nSPS) is 17.1. The van der Waals surface area contributed by atoms with E-state index in [0.717, 1.165) is 63.9 Å². The van der Waals surface area contributed by atoms with Gasteiger partial charge in [-0.2, -0.15) is 0 Å². The first-order valence-corrected chi connectivity index (χ1v) is 10.7. The fourth-order valence-corrected chi connectivity index (χ4v) is 4.52. The number of hydrogen-bond acceptors (Lipinski definition) is 6. The standard InChI is InChI=1S/C24H28N6/c25-22-23(29-14-12-28(13-15-29)16-19-6-2-1-3-7-19)26-18-27-24(22)30-11-10-20-8-4-5-9-21(20)17-30/h1-9,18H,10-17,25H2. The van der Waals surface area contributed by atoms with Crippen molar-refractivity contribution in [2.45, 2.75) is 19.5 Å². The lowest BCUT2D eigenvalue weighted by atomic mass is 10.00. The number of fused-ring (bicyclic) bond motifs is 1. The van der Waals surface area contributed by atoms with Crippen molar-refractivity contribution in [2.75, 3.05) is 48.3 Å². The van der Waals surface area contributed by atoms with Gasteiger partial charge in [0.05, 0.1) is 0 Å². The van der Waals surface area contributed by atoms with Crippen molar-refractivity contribution in [2.24, 2.45) is 0 Å². The third-order valence-corrected chi connectivity index (χ3v) is 6.19. The Morgan fingerprint density at radius 2 is 1.40 bits per heavy atom. The van der Waals surface area contributed by atoms with E-state index in [1.54, 1.807) is 6.33 Å². The number of piperazine rings is 1. The van der Waals surface area contributed by atoms with Crippen molar-refractivity contribution in [3.05, 3.63) is 77.6 Å². The van der Waals surface area contributed by atoms with Gasteiger partial charge in [0.2, 0.25) is 0 Å². The smallest absolute Gasteiger partial charge is 0.157 e. The number of nitrogen functional groups attached to an aromatic ring is 1. The van der Waals surface area contributed by atoms with E-state index in [1.165, 1.54) is 16.7 Å². The highest BCUT2D eigenvalue weighted by Crippen LogP contribution is 2.32. The summed E-state index contributed by atoms with van der Waals surface area (Å²) in [5.74, 6) is 1.74. The molecule has 0 bridgehead atoms. The van der Waals surface area contributed by atoms with E-state index in [2.05, 4.69) is 79.3 Å². The Morgan fingerprint density at radius 1 is 0.733 bits per heavy atom. The van der Waals surface area contributed by atoms with Crippen molar-refractivity contribution < 1.29 is 0 Å². The average Bonchev–Trinajstić information content (AvgIpc) is 2.80. The van der Waals surface area contributed by atoms with E-state index in [9.17, 15) is 0 Å². The fraction of sp³-hybridized carbons (Fsp3) is 0.333. The second-order valence-electron chi connectivity index (χ2n) is 8.12. The Bertz CT molecular complexity index is 998. The van der Waals surface area contributed by atoms with Crippen LogP contribution in [0.2, 0.25) is 0 Å². The summed E-state index contributed by atoms with van der Waals surface area (Å²) in [6, 6.07) is 19.3. The maximum Gasteiger partial charge on any atom is 0.157 e. The molecule has 1 aromatic heterocycles. The second-order valence-corrected chi connectivity index (χ2v) is 8.12. The van der Waals surface area contributed by atoms with Gasteiger partial charge in [0.1, 0.15) is 12.0 Å². The monoisotopic (exact) mass is 400 g/mol. The molecule has 30 heavy (non-hydrogen) atoms. The lowest BCUT2D eigenvalue weighted by molar-refractivity contribution is 0.249. The van der Waals surface area contributed by atoms with E-state index >= 15 is 0 Å². The van der Waals surface area contributed by atoms with Crippen LogP contribution in [0.25, 0.3) is 0 Å². The SMILES string of the molecule is Nc1c(N2CCN(Cc3ccccc3)CC2)ncnc1N1CCc2ccccc2C1. The van der Waals surface area contributed by atoms with Crippen LogP contribution in [-0.4, -0.2) is 47.6 Å². The Kier molecular flexibility index (Phi) is 5.24. The van der Waals surface area contributed by atoms with Crippen LogP contribution in [0.1, 0.15) is 16.7 Å². The molecule has 0 radical (unpaired) electrons. The zero-order valence-electron chi connectivity index (χ0n) is 17.2. The third-order valence-electron chi connectivity index (χ3n) is 6.19. The molecule has 0 saturated carbocycles. The molecular weight excluding hydrogens is 372 g/mol. The molecule has 0 aliphatic carbocycles. The molecule has 0 atom stereocenters. The number of anilines is 3. The van der Waals surface area contributed by atoms with Crippen LogP contribution in [0.5, 0.6) is 0 Å². The van der Waals surface area contributed by atoms with Crippen molar-refractivity contribution in [1.82, 2.24) is 14.9 Å². The fourth-order valence-electron chi connectivity index (χ4n) is 4.52. The molecular formula is C24H28N6. The molecule has 2 aliphatic rings. The van der Waals surface area contributed by atoms with E-state index in [1.807, 2.05) is 0 Å². The second kappa shape index (κ2) is 8.32. The maximum atomic E-state index is 6.60. The predicted molar refractivity (Wildman–Crippen MR) is 122 cm³/mol. The number of nitrogens with two attached hydrogens (primary N) is 1. The highest BCUT2D eigenvalue weighted by atomic mass is 15.3. The maximum absolute atomic E-state index is 6.60. The highest BCUT2D eigenvalue weighted by Gasteiger charge is 2.24. The van der Waals surface area contributed by atoms with Gasteiger partial charge in [0.25, 0.3) is 0 Å². The highest BCUT2D eigenvalue weighted by molar-refractivity contribution is 5.76. The van der Waals surface area contributed by atoms with Crippen LogP contribution in [0, 0.1) is 0 Å². The molecule has 5 rings (SSSR count). The summed E-state index contributed by atoms with van der Waals surface area (Å²) in [6.07, 6.45) is 2.69. The first-order valence-electron chi connectivity index (χ1n) is 10.7. The van der Waals surface area contributed by atoms with Crippen molar-refractivity contribution in [3.8, 4) is 0 Å². The zero-order valence-corrected chi connectivity index (χ0v) is 17.2. The van der Waals surface area contributed by atoms with E-state index < -0.39 is 0 Å². The Hall–Kier alpha value is -3.12. The van der Waals surface area contributed by atoms with Gasteiger partial charge in [0.15, 0.2) is 11.6 Å². The summed E-state index contributed by atoms with van der Waals surface area (Å²) in [6.45, 7) is 6.64. The van der Waals surface area contributed by atoms with Gasteiger partial charge in [-0.15, -0.1) is 0 Å². The number of rotatable bonds is 4. The molecule has 0 amide bonds. The minimum Gasteiger partial charge on any atom is -0.393 e. The summed E-state index contributed by atoms with van der Waals surface area (Å²) in [5.41, 5.74) is 11.5. The van der Waals surface area contributed by atoms with Crippen LogP contribution >= 0.6 is 0 Å². The Labute approximate surface area is 178 Å². The van der Waals surface area contributed by atoms with Crippen LogP contribution in [0.15, 0.2) is 60.9 Å². The molecule has 0 spiro atoms. The molecule has 2 aromatic carbocycles. The summed E-state index contributed by atoms with van der Waals surface area (Å²) >= 11 is 0. The molecule has 3 heterocycles. The summed E-state index contributed by atoms with van der Waals surface area (Å²) < 4.78 is 0. The minimum atomic E-state index is 0.702. The predicted octanol–water partition coefficient (Wildman–Crippen LogP) is 2.94. The number of hydrogen-bond donors (Lipinski definition) is 1. The van der Waals surface area contributed by atoms with E-state index in [-0.39, 0.29) is 0 Å². The van der Waals surface area contributed by atoms with E-state index in [0.29, 0.717) is 5.69 Å². The molecule has 2 aliphatic heterocycles. The lowest BCUT2D eigenvalue weighted by Gasteiger charge is -2.37. The van der Waals surface area contributed by atoms with Gasteiger partial charge in [-0.1, -0.05) is 54.6 Å². The summed E-state index contributed by atoms with van der Waals surface area (Å²) in [7, 11) is 0. The van der Waals surface area contributed by atoms with Crippen LogP contribution < -0.4 is 15.5 Å². The molecule has 0 unspecified atom stereocenters. The topological polar surface area (TPSA) is 61.5 Å². The summed E-state index contributed by atoms with van der Waals surface area (Å²) in [4.78, 5) is 16.2. The number of aromatic nitrogens is 2. The van der Waals surface area contributed by atoms with E-state index in [4.69, 9.17) is 5.73 Å². The van der Waals surface area contributed by atoms with Gasteiger partial charge in [-0.25, -0.2) is 9.97 Å². The lowest BCUT2D eigenvalue weighted by Crippen LogP contribution is -2.46. The zero-order chi connectivity index (χ0) is 20.3. The largest absolute Gasteiger partial charge is 0.393 e. The van der Waals surface area contributed by atoms with Gasteiger partial charge >= 0.3 is 0 Å². The van der Waals surface area contributed by atoms with Crippen molar-refractivity contribution in [3.63, 3.8) is 0 Å². The first kappa shape index (κ1) is 18.9. The van der Waals surface area contributed by atoms with Crippen LogP contribution in [0.3, 0.4) is 0 Å². The average molecular weight is 401 g/mol. The van der Waals surface area contributed by atoms with Crippen molar-refractivity contribution >= 4 is 17.3 Å². The Morgan fingerprint density at radius 3 is 2.17 bits per heavy atom. The van der Waals surface area contributed by atoms with Gasteiger partial charge in [0, 0.05) is 45.8 Å². The number of nitrogens with zero attached hydrogens (tertiary/aromatic N) is 5. The number of benzene rings is 2. The van der Waals surface area contributed by atoms with Crippen LogP contribution in [-0.2, 0) is 19.5 Å². The molecule has 2 N–H and O–H groups in total. The summed E-state index contributed by atoms with van der Waals surface area (Å²) in [5, 5.41) is 0. The Balaban J connectivity index is 1.28. The van der Waals surface area contributed by atoms with Gasteiger partial charge < -0.3 is 15.5 Å². The molecule has 3 aromatic rings. The quantitative estimate of drug-likeness (QED) is 0.727. The molecule has 1 saturated heterocycles. The molecule has 1 fully saturated rings. The van der Waals surface area contributed by atoms with Crippen LogP contribution in [0.4, 0.5) is 17.3 Å². The van der Waals surface area contributed by atoms with Gasteiger partial charge in [-0.05, 0) is 23.1 Å². The molecule has 6 heteroatoms. The van der Waals surface area contributed by atoms with Crippen molar-refractivity contribution in [1.29, 1.82) is 0 Å². The first-order chi connectivity index (χ1) is 14.8. The molecule has 154 valence electrons.